The number of rotatable bonds is 4. The van der Waals surface area contributed by atoms with Gasteiger partial charge < -0.3 is 10.1 Å². The van der Waals surface area contributed by atoms with Crippen LogP contribution in [0.1, 0.15) is 6.92 Å². The van der Waals surface area contributed by atoms with E-state index in [1.165, 1.54) is 32.5 Å². The lowest BCUT2D eigenvalue weighted by atomic mass is 10.1. The minimum absolute atomic E-state index is 0.103. The molecule has 22 heavy (non-hydrogen) atoms. The molecule has 0 aliphatic carbocycles. The van der Waals surface area contributed by atoms with Gasteiger partial charge in [-0.2, -0.15) is 0 Å². The summed E-state index contributed by atoms with van der Waals surface area (Å²) in [5.74, 6) is 0.181. The average Bonchev–Trinajstić information content (AvgIpc) is 2.45. The van der Waals surface area contributed by atoms with E-state index in [-0.39, 0.29) is 10.8 Å². The summed E-state index contributed by atoms with van der Waals surface area (Å²) in [6.07, 6.45) is 3.01. The van der Waals surface area contributed by atoms with Crippen LogP contribution in [0, 0.1) is 0 Å². The highest BCUT2D eigenvalue weighted by Gasteiger charge is 2.17. The molecular formula is C14H15N3O4S. The topological polar surface area (TPSA) is 111 Å². The Morgan fingerprint density at radius 1 is 1.27 bits per heavy atom. The molecule has 0 atom stereocenters. The Labute approximate surface area is 128 Å². The van der Waals surface area contributed by atoms with Gasteiger partial charge in [-0.25, -0.2) is 13.6 Å². The fourth-order valence-corrected chi connectivity index (χ4v) is 2.74. The standard InChI is InChI=1S/C14H15N3O4S/c1-9(18)17-11-3-4-13(14(6-11)22(15,19)20)10-5-12(21-2)8-16-7-10/h3-8H,1-2H3,(H,17,18)(H2,15,19,20). The third kappa shape index (κ3) is 3.60. The summed E-state index contributed by atoms with van der Waals surface area (Å²) in [5.41, 5.74) is 1.26. The zero-order valence-electron chi connectivity index (χ0n) is 12.0. The first-order valence-corrected chi connectivity index (χ1v) is 7.80. The number of pyridine rings is 1. The van der Waals surface area contributed by atoms with Crippen LogP contribution < -0.4 is 15.2 Å². The summed E-state index contributed by atoms with van der Waals surface area (Å²) in [6.45, 7) is 1.33. The molecule has 0 saturated heterocycles. The van der Waals surface area contributed by atoms with Gasteiger partial charge >= 0.3 is 0 Å². The van der Waals surface area contributed by atoms with Crippen LogP contribution in [0.2, 0.25) is 0 Å². The van der Waals surface area contributed by atoms with Crippen LogP contribution >= 0.6 is 0 Å². The molecule has 0 aliphatic heterocycles. The number of anilines is 1. The second kappa shape index (κ2) is 6.12. The predicted octanol–water partition coefficient (Wildman–Crippen LogP) is 1.36. The number of amides is 1. The van der Waals surface area contributed by atoms with E-state index in [1.54, 1.807) is 18.2 Å². The second-order valence-corrected chi connectivity index (χ2v) is 6.08. The first kappa shape index (κ1) is 15.9. The molecule has 1 amide bonds. The van der Waals surface area contributed by atoms with Crippen molar-refractivity contribution in [1.82, 2.24) is 4.98 Å². The Kier molecular flexibility index (Phi) is 4.43. The van der Waals surface area contributed by atoms with Crippen molar-refractivity contribution in [3.05, 3.63) is 36.7 Å². The summed E-state index contributed by atoms with van der Waals surface area (Å²) in [5, 5.41) is 7.79. The van der Waals surface area contributed by atoms with Crippen LogP contribution in [0.15, 0.2) is 41.6 Å². The number of nitrogens with one attached hydrogen (secondary N) is 1. The van der Waals surface area contributed by atoms with Crippen molar-refractivity contribution >= 4 is 21.6 Å². The number of carbonyl (C=O) groups is 1. The Balaban J connectivity index is 2.62. The van der Waals surface area contributed by atoms with Gasteiger partial charge in [0, 0.05) is 29.9 Å². The van der Waals surface area contributed by atoms with E-state index in [1.807, 2.05) is 0 Å². The van der Waals surface area contributed by atoms with E-state index in [9.17, 15) is 13.2 Å². The molecule has 1 aromatic carbocycles. The monoisotopic (exact) mass is 321 g/mol. The van der Waals surface area contributed by atoms with E-state index in [0.29, 0.717) is 22.6 Å². The molecule has 1 aromatic heterocycles. The third-order valence-corrected chi connectivity index (χ3v) is 3.82. The van der Waals surface area contributed by atoms with E-state index >= 15 is 0 Å². The van der Waals surface area contributed by atoms with Gasteiger partial charge in [0.25, 0.3) is 0 Å². The van der Waals surface area contributed by atoms with Gasteiger partial charge in [0.15, 0.2) is 0 Å². The predicted molar refractivity (Wildman–Crippen MR) is 81.9 cm³/mol. The number of nitrogens with zero attached hydrogens (tertiary/aromatic N) is 1. The van der Waals surface area contributed by atoms with Crippen LogP contribution in [-0.4, -0.2) is 26.4 Å². The highest BCUT2D eigenvalue weighted by Crippen LogP contribution is 2.30. The minimum Gasteiger partial charge on any atom is -0.495 e. The van der Waals surface area contributed by atoms with Gasteiger partial charge in [0.1, 0.15) is 5.75 Å². The lowest BCUT2D eigenvalue weighted by Gasteiger charge is -2.11. The number of nitrogens with two attached hydrogens (primary N) is 1. The SMILES string of the molecule is COc1cncc(-c2ccc(NC(C)=O)cc2S(N)(=O)=O)c1. The highest BCUT2D eigenvalue weighted by molar-refractivity contribution is 7.89. The number of methoxy groups -OCH3 is 1. The van der Waals surface area contributed by atoms with Crippen molar-refractivity contribution in [2.24, 2.45) is 5.14 Å². The molecule has 8 heteroatoms. The molecule has 0 aliphatic rings. The number of benzene rings is 1. The van der Waals surface area contributed by atoms with Crippen LogP contribution in [0.25, 0.3) is 11.1 Å². The van der Waals surface area contributed by atoms with Gasteiger partial charge in [-0.1, -0.05) is 6.07 Å². The Hall–Kier alpha value is -2.45. The zero-order valence-corrected chi connectivity index (χ0v) is 12.8. The molecule has 0 radical (unpaired) electrons. The first-order chi connectivity index (χ1) is 10.3. The van der Waals surface area contributed by atoms with Crippen LogP contribution in [0.4, 0.5) is 5.69 Å². The van der Waals surface area contributed by atoms with Crippen LogP contribution in [-0.2, 0) is 14.8 Å². The van der Waals surface area contributed by atoms with Crippen molar-refractivity contribution in [2.45, 2.75) is 11.8 Å². The van der Waals surface area contributed by atoms with E-state index in [4.69, 9.17) is 9.88 Å². The van der Waals surface area contributed by atoms with Crippen molar-refractivity contribution in [3.63, 3.8) is 0 Å². The molecule has 0 fully saturated rings. The van der Waals surface area contributed by atoms with Gasteiger partial charge in [-0.15, -0.1) is 0 Å². The zero-order chi connectivity index (χ0) is 16.3. The number of hydrogen-bond donors (Lipinski definition) is 2. The number of primary sulfonamides is 1. The molecule has 116 valence electrons. The molecule has 0 unspecified atom stereocenters. The third-order valence-electron chi connectivity index (χ3n) is 2.87. The Morgan fingerprint density at radius 2 is 2.00 bits per heavy atom. The summed E-state index contributed by atoms with van der Waals surface area (Å²) in [6, 6.07) is 6.10. The smallest absolute Gasteiger partial charge is 0.238 e. The normalized spacial score (nSPS) is 11.0. The molecule has 2 rings (SSSR count). The highest BCUT2D eigenvalue weighted by atomic mass is 32.2. The van der Waals surface area contributed by atoms with Crippen LogP contribution in [0.5, 0.6) is 5.75 Å². The van der Waals surface area contributed by atoms with E-state index in [2.05, 4.69) is 10.3 Å². The lowest BCUT2D eigenvalue weighted by molar-refractivity contribution is -0.114. The second-order valence-electron chi connectivity index (χ2n) is 4.55. The first-order valence-electron chi connectivity index (χ1n) is 6.25. The molecular weight excluding hydrogens is 306 g/mol. The van der Waals surface area contributed by atoms with Gasteiger partial charge in [0.2, 0.25) is 15.9 Å². The number of hydrogen-bond acceptors (Lipinski definition) is 5. The summed E-state index contributed by atoms with van der Waals surface area (Å²) < 4.78 is 28.7. The summed E-state index contributed by atoms with van der Waals surface area (Å²) in [7, 11) is -2.49. The molecule has 0 bridgehead atoms. The van der Waals surface area contributed by atoms with Crippen molar-refractivity contribution in [1.29, 1.82) is 0 Å². The van der Waals surface area contributed by atoms with Gasteiger partial charge in [-0.3, -0.25) is 9.78 Å². The molecule has 0 spiro atoms. The van der Waals surface area contributed by atoms with Gasteiger partial charge in [0.05, 0.1) is 18.2 Å². The number of aromatic nitrogens is 1. The average molecular weight is 321 g/mol. The molecule has 2 aromatic rings. The Morgan fingerprint density at radius 3 is 2.59 bits per heavy atom. The minimum atomic E-state index is -3.98. The van der Waals surface area contributed by atoms with Crippen LogP contribution in [0.3, 0.4) is 0 Å². The molecule has 1 heterocycles. The fraction of sp³-hybridized carbons (Fsp3) is 0.143. The summed E-state index contributed by atoms with van der Waals surface area (Å²) >= 11 is 0. The maximum atomic E-state index is 11.8. The fourth-order valence-electron chi connectivity index (χ4n) is 1.95. The van der Waals surface area contributed by atoms with Crippen molar-refractivity contribution < 1.29 is 17.9 Å². The van der Waals surface area contributed by atoms with Crippen molar-refractivity contribution in [2.75, 3.05) is 12.4 Å². The van der Waals surface area contributed by atoms with E-state index < -0.39 is 10.0 Å². The Bertz CT molecular complexity index is 819. The number of carbonyl (C=O) groups excluding carboxylic acids is 1. The quantitative estimate of drug-likeness (QED) is 0.883. The largest absolute Gasteiger partial charge is 0.495 e. The maximum Gasteiger partial charge on any atom is 0.238 e. The molecule has 0 saturated carbocycles. The van der Waals surface area contributed by atoms with Crippen molar-refractivity contribution in [3.8, 4) is 16.9 Å². The lowest BCUT2D eigenvalue weighted by Crippen LogP contribution is -2.14. The molecule has 7 nitrogen and oxygen atoms in total. The maximum absolute atomic E-state index is 11.8. The molecule has 3 N–H and O–H groups in total. The van der Waals surface area contributed by atoms with Gasteiger partial charge in [-0.05, 0) is 18.2 Å². The summed E-state index contributed by atoms with van der Waals surface area (Å²) in [4.78, 5) is 15.0. The number of sulfonamides is 1. The van der Waals surface area contributed by atoms with E-state index in [0.717, 1.165) is 0 Å². The number of ether oxygens (including phenoxy) is 1.